The maximum absolute atomic E-state index is 12.1. The molecule has 1 N–H and O–H groups in total. The summed E-state index contributed by atoms with van der Waals surface area (Å²) in [5.41, 5.74) is 2.84. The third-order valence-electron chi connectivity index (χ3n) is 3.72. The topological polar surface area (TPSA) is 51.5 Å². The molecule has 24 heavy (non-hydrogen) atoms. The second-order valence-electron chi connectivity index (χ2n) is 5.50. The summed E-state index contributed by atoms with van der Waals surface area (Å²) in [5.74, 6) is 0.880. The Morgan fingerprint density at radius 1 is 1.04 bits per heavy atom. The van der Waals surface area contributed by atoms with E-state index in [4.69, 9.17) is 9.15 Å². The van der Waals surface area contributed by atoms with Crippen molar-refractivity contribution < 1.29 is 13.9 Å². The van der Waals surface area contributed by atoms with Gasteiger partial charge in [-0.2, -0.15) is 0 Å². The van der Waals surface area contributed by atoms with Crippen molar-refractivity contribution in [2.24, 2.45) is 0 Å². The molecule has 122 valence electrons. The van der Waals surface area contributed by atoms with Gasteiger partial charge in [0.2, 0.25) is 0 Å². The second kappa shape index (κ2) is 7.51. The number of hydrogen-bond donors (Lipinski definition) is 1. The highest BCUT2D eigenvalue weighted by molar-refractivity contribution is 5.92. The second-order valence-corrected chi connectivity index (χ2v) is 5.50. The van der Waals surface area contributed by atoms with Gasteiger partial charge in [0.05, 0.1) is 6.26 Å². The van der Waals surface area contributed by atoms with Gasteiger partial charge in [0, 0.05) is 17.7 Å². The zero-order valence-corrected chi connectivity index (χ0v) is 13.5. The number of aryl methyl sites for hydroxylation is 1. The van der Waals surface area contributed by atoms with E-state index < -0.39 is 0 Å². The van der Waals surface area contributed by atoms with Gasteiger partial charge in [-0.1, -0.05) is 48.5 Å². The van der Waals surface area contributed by atoms with Crippen molar-refractivity contribution in [2.75, 3.05) is 0 Å². The van der Waals surface area contributed by atoms with Crippen molar-refractivity contribution in [1.29, 1.82) is 0 Å². The zero-order valence-electron chi connectivity index (χ0n) is 13.5. The number of carbonyl (C=O) groups excluding carboxylic acids is 1. The van der Waals surface area contributed by atoms with Crippen molar-refractivity contribution in [3.63, 3.8) is 0 Å². The predicted molar refractivity (Wildman–Crippen MR) is 91.8 cm³/mol. The van der Waals surface area contributed by atoms with Crippen LogP contribution in [0, 0.1) is 6.92 Å². The Hall–Kier alpha value is -3.01. The first-order valence-electron chi connectivity index (χ1n) is 7.81. The van der Waals surface area contributed by atoms with E-state index >= 15 is 0 Å². The molecule has 2 aromatic carbocycles. The van der Waals surface area contributed by atoms with Crippen molar-refractivity contribution in [1.82, 2.24) is 5.32 Å². The number of nitrogens with one attached hydrogen (secondary N) is 1. The molecule has 1 amide bonds. The van der Waals surface area contributed by atoms with Crippen LogP contribution in [-0.4, -0.2) is 5.91 Å². The monoisotopic (exact) mass is 321 g/mol. The van der Waals surface area contributed by atoms with E-state index in [1.54, 1.807) is 6.07 Å². The first-order valence-corrected chi connectivity index (χ1v) is 7.81. The molecule has 0 aliphatic heterocycles. The predicted octanol–water partition coefficient (Wildman–Crippen LogP) is 4.10. The molecule has 3 aromatic rings. The summed E-state index contributed by atoms with van der Waals surface area (Å²) in [5, 5.41) is 2.87. The van der Waals surface area contributed by atoms with Crippen LogP contribution in [-0.2, 0) is 13.2 Å². The Labute approximate surface area is 141 Å². The van der Waals surface area contributed by atoms with Crippen LogP contribution in [0.4, 0.5) is 0 Å². The quantitative estimate of drug-likeness (QED) is 0.744. The molecular formula is C20H19NO3. The molecule has 1 heterocycles. The highest BCUT2D eigenvalue weighted by atomic mass is 16.5. The van der Waals surface area contributed by atoms with Crippen LogP contribution >= 0.6 is 0 Å². The van der Waals surface area contributed by atoms with Crippen LogP contribution in [0.3, 0.4) is 0 Å². The van der Waals surface area contributed by atoms with E-state index in [0.717, 1.165) is 22.4 Å². The molecular weight excluding hydrogens is 302 g/mol. The molecule has 0 radical (unpaired) electrons. The van der Waals surface area contributed by atoms with Gasteiger partial charge in [-0.3, -0.25) is 4.79 Å². The fourth-order valence-corrected chi connectivity index (χ4v) is 2.39. The number of ether oxygens (including phenoxy) is 1. The fraction of sp³-hybridized carbons (Fsp3) is 0.150. The number of carbonyl (C=O) groups is 1. The smallest absolute Gasteiger partial charge is 0.287 e. The average Bonchev–Trinajstić information content (AvgIpc) is 3.05. The third kappa shape index (κ3) is 3.84. The molecule has 0 spiro atoms. The Morgan fingerprint density at radius 2 is 1.79 bits per heavy atom. The van der Waals surface area contributed by atoms with E-state index in [1.807, 2.05) is 61.5 Å². The highest BCUT2D eigenvalue weighted by Gasteiger charge is 2.13. The van der Waals surface area contributed by atoms with E-state index in [0.29, 0.717) is 18.9 Å². The van der Waals surface area contributed by atoms with Crippen LogP contribution < -0.4 is 10.1 Å². The van der Waals surface area contributed by atoms with Gasteiger partial charge in [-0.05, 0) is 24.6 Å². The van der Waals surface area contributed by atoms with Gasteiger partial charge in [-0.15, -0.1) is 0 Å². The van der Waals surface area contributed by atoms with Gasteiger partial charge >= 0.3 is 0 Å². The van der Waals surface area contributed by atoms with Crippen molar-refractivity contribution in [3.05, 3.63) is 89.4 Å². The Bertz CT molecular complexity index is 809. The molecule has 0 aliphatic carbocycles. The Balaban J connectivity index is 1.64. The first-order chi connectivity index (χ1) is 11.7. The zero-order chi connectivity index (χ0) is 16.8. The SMILES string of the molecule is Cc1ccoc1C(=O)NCc1ccccc1OCc1ccccc1. The highest BCUT2D eigenvalue weighted by Crippen LogP contribution is 2.19. The summed E-state index contributed by atoms with van der Waals surface area (Å²) in [7, 11) is 0. The lowest BCUT2D eigenvalue weighted by atomic mass is 10.2. The first kappa shape index (κ1) is 15.9. The van der Waals surface area contributed by atoms with Crippen LogP contribution in [0.15, 0.2) is 71.3 Å². The molecule has 0 bridgehead atoms. The number of para-hydroxylation sites is 1. The van der Waals surface area contributed by atoms with Gasteiger partial charge in [-0.25, -0.2) is 0 Å². The normalized spacial score (nSPS) is 10.4. The number of amides is 1. The number of hydrogen-bond acceptors (Lipinski definition) is 3. The van der Waals surface area contributed by atoms with E-state index in [1.165, 1.54) is 6.26 Å². The summed E-state index contributed by atoms with van der Waals surface area (Å²) >= 11 is 0. The van der Waals surface area contributed by atoms with Gasteiger partial charge in [0.25, 0.3) is 5.91 Å². The van der Waals surface area contributed by atoms with E-state index in [2.05, 4.69) is 5.32 Å². The maximum Gasteiger partial charge on any atom is 0.287 e. The minimum atomic E-state index is -0.227. The minimum Gasteiger partial charge on any atom is -0.489 e. The number of benzene rings is 2. The molecule has 0 aliphatic rings. The summed E-state index contributed by atoms with van der Waals surface area (Å²) < 4.78 is 11.1. The fourth-order valence-electron chi connectivity index (χ4n) is 2.39. The minimum absolute atomic E-state index is 0.227. The van der Waals surface area contributed by atoms with Crippen LogP contribution in [0.2, 0.25) is 0 Å². The lowest BCUT2D eigenvalue weighted by Gasteiger charge is -2.12. The average molecular weight is 321 g/mol. The molecule has 4 heteroatoms. The standard InChI is InChI=1S/C20H19NO3/c1-15-11-12-23-19(15)20(22)21-13-17-9-5-6-10-18(17)24-14-16-7-3-2-4-8-16/h2-12H,13-14H2,1H3,(H,21,22). The van der Waals surface area contributed by atoms with Crippen LogP contribution in [0.5, 0.6) is 5.75 Å². The van der Waals surface area contributed by atoms with E-state index in [-0.39, 0.29) is 5.91 Å². The third-order valence-corrected chi connectivity index (χ3v) is 3.72. The maximum atomic E-state index is 12.1. The Kier molecular flexibility index (Phi) is 4.96. The molecule has 4 nitrogen and oxygen atoms in total. The van der Waals surface area contributed by atoms with Crippen LogP contribution in [0.1, 0.15) is 27.2 Å². The molecule has 0 atom stereocenters. The van der Waals surface area contributed by atoms with Gasteiger partial charge < -0.3 is 14.5 Å². The van der Waals surface area contributed by atoms with Crippen molar-refractivity contribution in [3.8, 4) is 5.75 Å². The molecule has 1 aromatic heterocycles. The largest absolute Gasteiger partial charge is 0.489 e. The molecule has 0 saturated carbocycles. The number of rotatable bonds is 6. The molecule has 3 rings (SSSR count). The summed E-state index contributed by atoms with van der Waals surface area (Å²) in [6.07, 6.45) is 1.52. The van der Waals surface area contributed by atoms with Crippen LogP contribution in [0.25, 0.3) is 0 Å². The molecule has 0 fully saturated rings. The van der Waals surface area contributed by atoms with E-state index in [9.17, 15) is 4.79 Å². The summed E-state index contributed by atoms with van der Waals surface area (Å²) in [4.78, 5) is 12.1. The lowest BCUT2D eigenvalue weighted by molar-refractivity contribution is 0.0922. The van der Waals surface area contributed by atoms with Gasteiger partial charge in [0.1, 0.15) is 12.4 Å². The van der Waals surface area contributed by atoms with Crippen molar-refractivity contribution >= 4 is 5.91 Å². The van der Waals surface area contributed by atoms with Crippen molar-refractivity contribution in [2.45, 2.75) is 20.1 Å². The molecule has 0 saturated heterocycles. The summed E-state index contributed by atoms with van der Waals surface area (Å²) in [6, 6.07) is 19.4. The number of furan rings is 1. The lowest BCUT2D eigenvalue weighted by Crippen LogP contribution is -2.23. The molecule has 0 unspecified atom stereocenters. The Morgan fingerprint density at radius 3 is 2.54 bits per heavy atom. The summed E-state index contributed by atoms with van der Waals surface area (Å²) in [6.45, 7) is 2.71. The van der Waals surface area contributed by atoms with Gasteiger partial charge in [0.15, 0.2) is 5.76 Å².